The van der Waals surface area contributed by atoms with Gasteiger partial charge in [-0.1, -0.05) is 50.0 Å². The van der Waals surface area contributed by atoms with E-state index < -0.39 is 8.07 Å². The lowest BCUT2D eigenvalue weighted by atomic mass is 10.2. The molecule has 0 bridgehead atoms. The second-order valence-corrected chi connectivity index (χ2v) is 10.2. The summed E-state index contributed by atoms with van der Waals surface area (Å²) in [5.41, 5.74) is 1.83. The van der Waals surface area contributed by atoms with Crippen LogP contribution in [0.4, 0.5) is 0 Å². The molecule has 0 heterocycles. The summed E-state index contributed by atoms with van der Waals surface area (Å²) in [5.74, 6) is 0. The van der Waals surface area contributed by atoms with Crippen LogP contribution >= 0.6 is 0 Å². The average Bonchev–Trinajstić information content (AvgIpc) is 2.18. The topological polar surface area (TPSA) is 21.3 Å². The summed E-state index contributed by atoms with van der Waals surface area (Å²) in [5, 5.41) is 3.47. The minimum atomic E-state index is -1.26. The van der Waals surface area contributed by atoms with Crippen LogP contribution < -0.4 is 5.32 Å². The normalized spacial score (nSPS) is 13.9. The number of benzene rings is 1. The Morgan fingerprint density at radius 1 is 1.20 bits per heavy atom. The minimum Gasteiger partial charge on any atom is -0.370 e. The van der Waals surface area contributed by atoms with Crippen LogP contribution in [0.25, 0.3) is 0 Å². The lowest BCUT2D eigenvalue weighted by Crippen LogP contribution is -2.41. The summed E-state index contributed by atoms with van der Waals surface area (Å²) in [6, 6.07) is 10.6. The van der Waals surface area contributed by atoms with E-state index in [-0.39, 0.29) is 0 Å². The van der Waals surface area contributed by atoms with Gasteiger partial charge in [-0.05, 0) is 5.56 Å². The Labute approximate surface area is 93.7 Å². The molecule has 0 aliphatic rings. The van der Waals surface area contributed by atoms with Gasteiger partial charge in [0.25, 0.3) is 0 Å². The zero-order valence-electron chi connectivity index (χ0n) is 10.1. The van der Waals surface area contributed by atoms with Gasteiger partial charge in [-0.3, -0.25) is 5.32 Å². The molecule has 0 aromatic heterocycles. The summed E-state index contributed by atoms with van der Waals surface area (Å²) in [6.45, 7) is 7.72. The number of methoxy groups -OCH3 is 1. The largest absolute Gasteiger partial charge is 0.370 e. The minimum absolute atomic E-state index is 0.457. The lowest BCUT2D eigenvalue weighted by molar-refractivity contribution is 0.171. The second kappa shape index (κ2) is 5.44. The number of hydrogen-bond donors (Lipinski definition) is 1. The Kier molecular flexibility index (Phi) is 4.51. The van der Waals surface area contributed by atoms with Crippen molar-refractivity contribution in [2.24, 2.45) is 0 Å². The molecule has 1 rings (SSSR count). The van der Waals surface area contributed by atoms with Gasteiger partial charge in [-0.25, -0.2) is 0 Å². The quantitative estimate of drug-likeness (QED) is 0.612. The molecular weight excluding hydrogens is 202 g/mol. The highest BCUT2D eigenvalue weighted by molar-refractivity contribution is 6.77. The molecule has 1 unspecified atom stereocenters. The molecule has 0 spiro atoms. The standard InChI is InChI=1S/C12H21NOSi/c1-14-10-13-12(15(2,3)4)11-8-6-5-7-9-11/h5-9,12-13H,10H2,1-4H3. The van der Waals surface area contributed by atoms with Crippen molar-refractivity contribution in [3.05, 3.63) is 35.9 Å². The molecule has 0 aliphatic carbocycles. The van der Waals surface area contributed by atoms with Crippen LogP contribution in [0.1, 0.15) is 11.2 Å². The molecule has 0 saturated carbocycles. The van der Waals surface area contributed by atoms with Crippen LogP contribution in [0.3, 0.4) is 0 Å². The van der Waals surface area contributed by atoms with Crippen molar-refractivity contribution < 1.29 is 4.74 Å². The van der Waals surface area contributed by atoms with Crippen molar-refractivity contribution >= 4 is 8.07 Å². The molecule has 0 fully saturated rings. The number of ether oxygens (including phenoxy) is 1. The summed E-state index contributed by atoms with van der Waals surface area (Å²) < 4.78 is 5.10. The fourth-order valence-corrected chi connectivity index (χ4v) is 3.62. The summed E-state index contributed by atoms with van der Waals surface area (Å²) in [7, 11) is 0.466. The number of nitrogens with one attached hydrogen (secondary N) is 1. The zero-order valence-corrected chi connectivity index (χ0v) is 11.1. The molecule has 2 nitrogen and oxygen atoms in total. The SMILES string of the molecule is COCNC(c1ccccc1)[Si](C)(C)C. The first-order valence-corrected chi connectivity index (χ1v) is 8.90. The van der Waals surface area contributed by atoms with Gasteiger partial charge in [0.05, 0.1) is 14.8 Å². The van der Waals surface area contributed by atoms with Crippen molar-refractivity contribution in [3.8, 4) is 0 Å². The maximum Gasteiger partial charge on any atom is 0.0963 e. The second-order valence-electron chi connectivity index (χ2n) is 4.85. The maximum atomic E-state index is 5.10. The molecule has 15 heavy (non-hydrogen) atoms. The molecule has 1 atom stereocenters. The van der Waals surface area contributed by atoms with Crippen LogP contribution in [-0.4, -0.2) is 21.9 Å². The van der Waals surface area contributed by atoms with Gasteiger partial charge in [0.1, 0.15) is 0 Å². The van der Waals surface area contributed by atoms with Crippen molar-refractivity contribution in [2.75, 3.05) is 13.8 Å². The third-order valence-corrected chi connectivity index (χ3v) is 4.70. The van der Waals surface area contributed by atoms with Gasteiger partial charge in [-0.2, -0.15) is 0 Å². The predicted octanol–water partition coefficient (Wildman–Crippen LogP) is 2.80. The molecule has 0 saturated heterocycles. The first kappa shape index (κ1) is 12.4. The van der Waals surface area contributed by atoms with E-state index in [0.29, 0.717) is 12.4 Å². The molecular formula is C12H21NOSi. The van der Waals surface area contributed by atoms with Crippen LogP contribution in [0.15, 0.2) is 30.3 Å². The first-order chi connectivity index (χ1) is 7.05. The maximum absolute atomic E-state index is 5.10. The summed E-state index contributed by atoms with van der Waals surface area (Å²) >= 11 is 0. The highest BCUT2D eigenvalue weighted by Crippen LogP contribution is 2.23. The summed E-state index contributed by atoms with van der Waals surface area (Å²) in [6.07, 6.45) is 0. The predicted molar refractivity (Wildman–Crippen MR) is 67.5 cm³/mol. The Morgan fingerprint density at radius 2 is 1.80 bits per heavy atom. The van der Waals surface area contributed by atoms with E-state index in [0.717, 1.165) is 0 Å². The van der Waals surface area contributed by atoms with Crippen molar-refractivity contribution in [2.45, 2.75) is 25.3 Å². The van der Waals surface area contributed by atoms with Crippen LogP contribution in [-0.2, 0) is 4.74 Å². The highest BCUT2D eigenvalue weighted by atomic mass is 28.3. The van der Waals surface area contributed by atoms with E-state index in [2.05, 4.69) is 55.3 Å². The smallest absolute Gasteiger partial charge is 0.0963 e. The van der Waals surface area contributed by atoms with E-state index in [4.69, 9.17) is 4.74 Å². The van der Waals surface area contributed by atoms with Crippen LogP contribution in [0.2, 0.25) is 19.6 Å². The van der Waals surface area contributed by atoms with Crippen LogP contribution in [0, 0.1) is 0 Å². The third kappa shape index (κ3) is 3.78. The van der Waals surface area contributed by atoms with Crippen molar-refractivity contribution in [1.82, 2.24) is 5.32 Å². The highest BCUT2D eigenvalue weighted by Gasteiger charge is 2.27. The van der Waals surface area contributed by atoms with Gasteiger partial charge in [0.2, 0.25) is 0 Å². The molecule has 0 amide bonds. The molecule has 0 radical (unpaired) electrons. The van der Waals surface area contributed by atoms with E-state index >= 15 is 0 Å². The Morgan fingerprint density at radius 3 is 2.27 bits per heavy atom. The van der Waals surface area contributed by atoms with Crippen molar-refractivity contribution in [1.29, 1.82) is 0 Å². The van der Waals surface area contributed by atoms with Gasteiger partial charge >= 0.3 is 0 Å². The number of rotatable bonds is 5. The van der Waals surface area contributed by atoms with Gasteiger partial charge < -0.3 is 4.74 Å². The molecule has 1 aromatic rings. The first-order valence-electron chi connectivity index (χ1n) is 5.33. The molecule has 0 aliphatic heterocycles. The summed E-state index contributed by atoms with van der Waals surface area (Å²) in [4.78, 5) is 0. The third-order valence-electron chi connectivity index (χ3n) is 2.43. The van der Waals surface area contributed by atoms with Gasteiger partial charge in [-0.15, -0.1) is 0 Å². The van der Waals surface area contributed by atoms with Gasteiger partial charge in [0, 0.05) is 12.8 Å². The lowest BCUT2D eigenvalue weighted by Gasteiger charge is -2.30. The van der Waals surface area contributed by atoms with E-state index in [1.54, 1.807) is 7.11 Å². The average molecular weight is 223 g/mol. The molecule has 1 N–H and O–H groups in total. The molecule has 84 valence electrons. The van der Waals surface area contributed by atoms with E-state index in [1.807, 2.05) is 0 Å². The Hall–Kier alpha value is -0.643. The molecule has 3 heteroatoms. The van der Waals surface area contributed by atoms with Crippen molar-refractivity contribution in [3.63, 3.8) is 0 Å². The van der Waals surface area contributed by atoms with Gasteiger partial charge in [0.15, 0.2) is 0 Å². The fraction of sp³-hybridized carbons (Fsp3) is 0.500. The monoisotopic (exact) mass is 223 g/mol. The van der Waals surface area contributed by atoms with E-state index in [1.165, 1.54) is 5.56 Å². The number of hydrogen-bond acceptors (Lipinski definition) is 2. The van der Waals surface area contributed by atoms with E-state index in [9.17, 15) is 0 Å². The molecule has 1 aromatic carbocycles. The Bertz CT molecular complexity index is 281. The van der Waals surface area contributed by atoms with Crippen LogP contribution in [0.5, 0.6) is 0 Å². The fourth-order valence-electron chi connectivity index (χ4n) is 1.74. The Balaban J connectivity index is 2.82. The zero-order chi connectivity index (χ0) is 11.3.